The van der Waals surface area contributed by atoms with Gasteiger partial charge in [-0.3, -0.25) is 0 Å². The van der Waals surface area contributed by atoms with Crippen LogP contribution in [-0.2, 0) is 6.54 Å². The molecular formula is C26H31N5. The first kappa shape index (κ1) is 21.1. The number of fused-ring (bicyclic) bond motifs is 1. The average Bonchev–Trinajstić information content (AvgIpc) is 2.80. The molecule has 31 heavy (non-hydrogen) atoms. The van der Waals surface area contributed by atoms with Crippen LogP contribution in [0.4, 0.5) is 11.5 Å². The minimum Gasteiger partial charge on any atom is -0.377 e. The summed E-state index contributed by atoms with van der Waals surface area (Å²) in [4.78, 5) is 7.01. The van der Waals surface area contributed by atoms with Crippen molar-refractivity contribution in [1.82, 2.24) is 10.3 Å². The number of nitriles is 1. The minimum absolute atomic E-state index is 0.472. The number of nitrogens with zero attached hydrogens (tertiary/aromatic N) is 3. The molecular weight excluding hydrogens is 382 g/mol. The van der Waals surface area contributed by atoms with Gasteiger partial charge in [-0.25, -0.2) is 4.98 Å². The van der Waals surface area contributed by atoms with Crippen LogP contribution in [-0.4, -0.2) is 31.7 Å². The van der Waals surface area contributed by atoms with Gasteiger partial charge in [0, 0.05) is 43.8 Å². The highest BCUT2D eigenvalue weighted by molar-refractivity contribution is 5.93. The summed E-state index contributed by atoms with van der Waals surface area (Å²) >= 11 is 0. The van der Waals surface area contributed by atoms with Gasteiger partial charge in [0.1, 0.15) is 5.82 Å². The fourth-order valence-corrected chi connectivity index (χ4v) is 4.52. The Morgan fingerprint density at radius 2 is 1.77 bits per heavy atom. The van der Waals surface area contributed by atoms with E-state index in [0.29, 0.717) is 12.0 Å². The maximum Gasteiger partial charge on any atom is 0.128 e. The van der Waals surface area contributed by atoms with Crippen molar-refractivity contribution < 1.29 is 0 Å². The van der Waals surface area contributed by atoms with Gasteiger partial charge in [-0.15, -0.1) is 0 Å². The van der Waals surface area contributed by atoms with Gasteiger partial charge in [0.05, 0.1) is 17.1 Å². The van der Waals surface area contributed by atoms with E-state index < -0.39 is 0 Å². The third kappa shape index (κ3) is 5.15. The Bertz CT molecular complexity index is 1060. The summed E-state index contributed by atoms with van der Waals surface area (Å²) in [7, 11) is 4.16. The lowest BCUT2D eigenvalue weighted by molar-refractivity contribution is 0.324. The molecule has 160 valence electrons. The molecule has 1 fully saturated rings. The van der Waals surface area contributed by atoms with Crippen molar-refractivity contribution in [2.24, 2.45) is 5.92 Å². The second kappa shape index (κ2) is 9.80. The van der Waals surface area contributed by atoms with E-state index in [4.69, 9.17) is 4.98 Å². The average molecular weight is 414 g/mol. The van der Waals surface area contributed by atoms with Gasteiger partial charge in [-0.2, -0.15) is 5.26 Å². The predicted octanol–water partition coefficient (Wildman–Crippen LogP) is 4.93. The molecule has 0 aliphatic heterocycles. The van der Waals surface area contributed by atoms with E-state index >= 15 is 0 Å². The Morgan fingerprint density at radius 3 is 2.55 bits per heavy atom. The van der Waals surface area contributed by atoms with Gasteiger partial charge < -0.3 is 15.5 Å². The first-order valence-electron chi connectivity index (χ1n) is 11.2. The smallest absolute Gasteiger partial charge is 0.128 e. The third-order valence-electron chi connectivity index (χ3n) is 6.26. The van der Waals surface area contributed by atoms with E-state index in [9.17, 15) is 5.26 Å². The molecule has 0 unspecified atom stereocenters. The Balaban J connectivity index is 1.30. The summed E-state index contributed by atoms with van der Waals surface area (Å²) in [5.41, 5.74) is 4.08. The second-order valence-electron chi connectivity index (χ2n) is 8.70. The lowest BCUT2D eigenvalue weighted by Gasteiger charge is -2.30. The number of nitrogens with one attached hydrogen (secondary N) is 2. The monoisotopic (exact) mass is 413 g/mol. The number of benzene rings is 2. The maximum atomic E-state index is 9.23. The van der Waals surface area contributed by atoms with Gasteiger partial charge in [-0.1, -0.05) is 36.4 Å². The zero-order chi connectivity index (χ0) is 21.6. The molecule has 0 bridgehead atoms. The van der Waals surface area contributed by atoms with E-state index in [0.717, 1.165) is 48.4 Å². The zero-order valence-electron chi connectivity index (χ0n) is 18.4. The highest BCUT2D eigenvalue weighted by atomic mass is 15.1. The summed E-state index contributed by atoms with van der Waals surface area (Å²) in [6, 6.07) is 21.1. The molecule has 5 heteroatoms. The van der Waals surface area contributed by atoms with Crippen LogP contribution in [0.5, 0.6) is 0 Å². The predicted molar refractivity (Wildman–Crippen MR) is 128 cm³/mol. The largest absolute Gasteiger partial charge is 0.377 e. The van der Waals surface area contributed by atoms with Crippen LogP contribution in [0.2, 0.25) is 0 Å². The number of anilines is 2. The number of pyridine rings is 1. The second-order valence-corrected chi connectivity index (χ2v) is 8.70. The quantitative estimate of drug-likeness (QED) is 0.575. The number of hydrogen-bond donors (Lipinski definition) is 2. The molecule has 1 aliphatic carbocycles. The van der Waals surface area contributed by atoms with Crippen molar-refractivity contribution in [2.45, 2.75) is 38.3 Å². The Morgan fingerprint density at radius 1 is 1.03 bits per heavy atom. The SMILES string of the molecule is CN(C)c1cc(N[C@H]2CC[C@@H](CNCc3ccccc3C#N)CC2)nc2ccccc12. The molecule has 3 aromatic rings. The summed E-state index contributed by atoms with van der Waals surface area (Å²) < 4.78 is 0. The van der Waals surface area contributed by atoms with Crippen LogP contribution in [0.15, 0.2) is 54.6 Å². The van der Waals surface area contributed by atoms with E-state index in [1.54, 1.807) is 0 Å². The lowest BCUT2D eigenvalue weighted by Crippen LogP contribution is -2.31. The fraction of sp³-hybridized carbons (Fsp3) is 0.385. The molecule has 1 saturated carbocycles. The first-order chi connectivity index (χ1) is 15.1. The van der Waals surface area contributed by atoms with E-state index in [-0.39, 0.29) is 0 Å². The van der Waals surface area contributed by atoms with Gasteiger partial charge in [0.2, 0.25) is 0 Å². The maximum absolute atomic E-state index is 9.23. The van der Waals surface area contributed by atoms with Crippen molar-refractivity contribution in [2.75, 3.05) is 30.9 Å². The van der Waals surface area contributed by atoms with Crippen LogP contribution in [0.1, 0.15) is 36.8 Å². The van der Waals surface area contributed by atoms with E-state index in [1.165, 1.54) is 23.9 Å². The van der Waals surface area contributed by atoms with Crippen LogP contribution in [0, 0.1) is 17.2 Å². The molecule has 1 aliphatic rings. The van der Waals surface area contributed by atoms with Crippen LogP contribution >= 0.6 is 0 Å². The molecule has 0 radical (unpaired) electrons. The van der Waals surface area contributed by atoms with Gasteiger partial charge in [-0.05, 0) is 55.8 Å². The van der Waals surface area contributed by atoms with Crippen LogP contribution < -0.4 is 15.5 Å². The van der Waals surface area contributed by atoms with Crippen molar-refractivity contribution in [3.63, 3.8) is 0 Å². The number of para-hydroxylation sites is 1. The normalized spacial score (nSPS) is 18.5. The summed E-state index contributed by atoms with van der Waals surface area (Å²) in [6.07, 6.45) is 4.73. The summed E-state index contributed by atoms with van der Waals surface area (Å²) in [5.74, 6) is 1.66. The fourth-order valence-electron chi connectivity index (χ4n) is 4.52. The number of aromatic nitrogens is 1. The van der Waals surface area contributed by atoms with E-state index in [1.807, 2.05) is 30.3 Å². The van der Waals surface area contributed by atoms with Crippen LogP contribution in [0.25, 0.3) is 10.9 Å². The standard InChI is InChI=1S/C26H31N5/c1-31(2)25-15-26(30-24-10-6-5-9-23(24)25)29-22-13-11-19(12-14-22)17-28-18-21-8-4-3-7-20(21)16-27/h3-10,15,19,22,28H,11-14,17-18H2,1-2H3,(H,29,30)/t19-,22+. The molecule has 0 amide bonds. The molecule has 4 rings (SSSR count). The zero-order valence-corrected chi connectivity index (χ0v) is 18.4. The molecule has 0 atom stereocenters. The van der Waals surface area contributed by atoms with Crippen molar-refractivity contribution in [3.05, 3.63) is 65.7 Å². The Kier molecular flexibility index (Phi) is 6.69. The van der Waals surface area contributed by atoms with Crippen LogP contribution in [0.3, 0.4) is 0 Å². The topological polar surface area (TPSA) is 64.0 Å². The molecule has 1 heterocycles. The minimum atomic E-state index is 0.472. The van der Waals surface area contributed by atoms with Gasteiger partial charge in [0.15, 0.2) is 0 Å². The highest BCUT2D eigenvalue weighted by Crippen LogP contribution is 2.30. The van der Waals surface area contributed by atoms with Crippen molar-refractivity contribution in [3.8, 4) is 6.07 Å². The third-order valence-corrected chi connectivity index (χ3v) is 6.26. The highest BCUT2D eigenvalue weighted by Gasteiger charge is 2.21. The number of hydrogen-bond acceptors (Lipinski definition) is 5. The lowest BCUT2D eigenvalue weighted by atomic mass is 9.86. The molecule has 2 aromatic carbocycles. The molecule has 5 nitrogen and oxygen atoms in total. The summed E-state index contributed by atoms with van der Waals surface area (Å²) in [6.45, 7) is 1.77. The summed E-state index contributed by atoms with van der Waals surface area (Å²) in [5, 5.41) is 17.7. The Hall–Kier alpha value is -3.10. The Labute approximate surface area is 185 Å². The molecule has 0 saturated heterocycles. The van der Waals surface area contributed by atoms with E-state index in [2.05, 4.69) is 60.0 Å². The molecule has 0 spiro atoms. The number of rotatable bonds is 7. The van der Waals surface area contributed by atoms with Gasteiger partial charge in [0.25, 0.3) is 0 Å². The van der Waals surface area contributed by atoms with Gasteiger partial charge >= 0.3 is 0 Å². The first-order valence-corrected chi connectivity index (χ1v) is 11.2. The molecule has 1 aromatic heterocycles. The van der Waals surface area contributed by atoms with Crippen molar-refractivity contribution >= 4 is 22.4 Å². The molecule has 2 N–H and O–H groups in total. The van der Waals surface area contributed by atoms with Crippen molar-refractivity contribution in [1.29, 1.82) is 5.26 Å².